The average Bonchev–Trinajstić information content (AvgIpc) is 3.27. The van der Waals surface area contributed by atoms with Crippen molar-refractivity contribution in [1.82, 2.24) is 10.6 Å². The van der Waals surface area contributed by atoms with E-state index in [0.717, 1.165) is 17.5 Å². The van der Waals surface area contributed by atoms with Gasteiger partial charge in [-0.3, -0.25) is 9.59 Å². The van der Waals surface area contributed by atoms with Gasteiger partial charge in [0, 0.05) is 18.5 Å². The second-order valence-electron chi connectivity index (χ2n) is 9.82. The lowest BCUT2D eigenvalue weighted by Gasteiger charge is -2.21. The molecule has 1 unspecified atom stereocenters. The predicted molar refractivity (Wildman–Crippen MR) is 126 cm³/mol. The summed E-state index contributed by atoms with van der Waals surface area (Å²) in [7, 11) is 0. The van der Waals surface area contributed by atoms with Crippen molar-refractivity contribution < 1.29 is 24.2 Å². The van der Waals surface area contributed by atoms with Gasteiger partial charge in [0.1, 0.15) is 6.61 Å². The lowest BCUT2D eigenvalue weighted by atomic mass is 9.98. The van der Waals surface area contributed by atoms with Crippen LogP contribution in [-0.4, -0.2) is 42.3 Å². The molecule has 2 aromatic rings. The Morgan fingerprint density at radius 2 is 1.71 bits per heavy atom. The number of nitrogens with one attached hydrogen (secondary N) is 2. The summed E-state index contributed by atoms with van der Waals surface area (Å²) in [6.07, 6.45) is 1.95. The Bertz CT molecular complexity index is 1090. The van der Waals surface area contributed by atoms with Gasteiger partial charge in [0.15, 0.2) is 0 Å². The number of carbonyl (C=O) groups is 3. The normalized spacial score (nSPS) is 25.0. The van der Waals surface area contributed by atoms with Gasteiger partial charge in [0.25, 0.3) is 0 Å². The second kappa shape index (κ2) is 8.78. The fraction of sp³-hybridized carbons (Fsp3) is 0.444. The quantitative estimate of drug-likeness (QED) is 0.552. The third-order valence-corrected chi connectivity index (χ3v) is 7.88. The first-order valence-corrected chi connectivity index (χ1v) is 12.1. The fourth-order valence-corrected chi connectivity index (χ4v) is 5.86. The Morgan fingerprint density at radius 1 is 1.06 bits per heavy atom. The average molecular weight is 463 g/mol. The molecule has 2 aromatic carbocycles. The summed E-state index contributed by atoms with van der Waals surface area (Å²) in [6.45, 7) is 2.30. The van der Waals surface area contributed by atoms with Crippen molar-refractivity contribution in [2.75, 3.05) is 13.2 Å². The molecule has 0 aliphatic heterocycles. The number of ether oxygens (including phenoxy) is 1. The maximum atomic E-state index is 12.7. The van der Waals surface area contributed by atoms with Crippen LogP contribution in [0.2, 0.25) is 0 Å². The minimum absolute atomic E-state index is 0.0150. The summed E-state index contributed by atoms with van der Waals surface area (Å²) < 4.78 is 5.56. The molecule has 2 saturated carbocycles. The van der Waals surface area contributed by atoms with Gasteiger partial charge in [0.2, 0.25) is 5.91 Å². The minimum atomic E-state index is -0.752. The Balaban J connectivity index is 1.12. The van der Waals surface area contributed by atoms with Crippen LogP contribution in [0.25, 0.3) is 11.1 Å². The molecule has 3 N–H and O–H groups in total. The van der Waals surface area contributed by atoms with Gasteiger partial charge >= 0.3 is 12.1 Å². The Kier molecular flexibility index (Phi) is 5.80. The molecule has 0 heterocycles. The van der Waals surface area contributed by atoms with Gasteiger partial charge < -0.3 is 20.5 Å². The number of hydrogen-bond donors (Lipinski definition) is 3. The molecular formula is C27H30N2O5. The van der Waals surface area contributed by atoms with Gasteiger partial charge in [-0.1, -0.05) is 55.5 Å². The molecular weight excluding hydrogens is 432 g/mol. The molecule has 34 heavy (non-hydrogen) atoms. The van der Waals surface area contributed by atoms with Crippen LogP contribution < -0.4 is 10.6 Å². The number of aliphatic carboxylic acids is 1. The zero-order chi connectivity index (χ0) is 23.9. The van der Waals surface area contributed by atoms with E-state index in [4.69, 9.17) is 4.74 Å². The van der Waals surface area contributed by atoms with Crippen LogP contribution in [0.4, 0.5) is 4.79 Å². The first-order chi connectivity index (χ1) is 16.4. The van der Waals surface area contributed by atoms with Crippen molar-refractivity contribution in [2.45, 2.75) is 44.6 Å². The highest BCUT2D eigenvalue weighted by molar-refractivity contribution is 5.82. The van der Waals surface area contributed by atoms with Crippen LogP contribution in [0, 0.1) is 17.3 Å². The maximum Gasteiger partial charge on any atom is 0.407 e. The van der Waals surface area contributed by atoms with Crippen LogP contribution in [0.3, 0.4) is 0 Å². The minimum Gasteiger partial charge on any atom is -0.481 e. The van der Waals surface area contributed by atoms with Gasteiger partial charge in [-0.2, -0.15) is 0 Å². The first-order valence-electron chi connectivity index (χ1n) is 12.1. The summed E-state index contributed by atoms with van der Waals surface area (Å²) in [6, 6.07) is 16.2. The van der Waals surface area contributed by atoms with E-state index in [2.05, 4.69) is 34.9 Å². The highest BCUT2D eigenvalue weighted by Crippen LogP contribution is 2.63. The molecule has 4 atom stereocenters. The largest absolute Gasteiger partial charge is 0.481 e. The smallest absolute Gasteiger partial charge is 0.407 e. The van der Waals surface area contributed by atoms with E-state index in [0.29, 0.717) is 19.3 Å². The predicted octanol–water partition coefficient (Wildman–Crippen LogP) is 3.92. The lowest BCUT2D eigenvalue weighted by Crippen LogP contribution is -2.43. The van der Waals surface area contributed by atoms with Crippen molar-refractivity contribution in [3.05, 3.63) is 59.7 Å². The Labute approximate surface area is 198 Å². The van der Waals surface area contributed by atoms with Crippen molar-refractivity contribution in [3.8, 4) is 11.1 Å². The number of alkyl carbamates (subject to hydrolysis) is 1. The summed E-state index contributed by atoms with van der Waals surface area (Å²) in [5.41, 5.74) is 4.01. The van der Waals surface area contributed by atoms with Gasteiger partial charge in [-0.15, -0.1) is 0 Å². The fourth-order valence-electron chi connectivity index (χ4n) is 5.86. The summed E-state index contributed by atoms with van der Waals surface area (Å²) in [4.78, 5) is 36.7. The number of benzene rings is 2. The van der Waals surface area contributed by atoms with E-state index in [-0.39, 0.29) is 36.9 Å². The van der Waals surface area contributed by atoms with Crippen molar-refractivity contribution in [1.29, 1.82) is 0 Å². The molecule has 3 aliphatic carbocycles. The van der Waals surface area contributed by atoms with E-state index in [1.165, 1.54) is 11.1 Å². The molecule has 2 fully saturated rings. The highest BCUT2D eigenvalue weighted by Gasteiger charge is 2.65. The number of amides is 2. The molecule has 0 spiro atoms. The van der Waals surface area contributed by atoms with Crippen LogP contribution >= 0.6 is 0 Å². The molecule has 5 rings (SSSR count). The lowest BCUT2D eigenvalue weighted by molar-refractivity contribution is -0.144. The number of hydrogen-bond acceptors (Lipinski definition) is 4. The number of carboxylic acid groups (broad SMARTS) is 1. The van der Waals surface area contributed by atoms with Crippen LogP contribution in [-0.2, 0) is 14.3 Å². The van der Waals surface area contributed by atoms with E-state index in [9.17, 15) is 19.5 Å². The molecule has 0 aromatic heterocycles. The number of fused-ring (bicyclic) bond motifs is 4. The zero-order valence-electron chi connectivity index (χ0n) is 19.3. The summed E-state index contributed by atoms with van der Waals surface area (Å²) in [5, 5.41) is 15.2. The van der Waals surface area contributed by atoms with Gasteiger partial charge in [0.05, 0.1) is 11.3 Å². The van der Waals surface area contributed by atoms with Crippen molar-refractivity contribution in [3.63, 3.8) is 0 Å². The third kappa shape index (κ3) is 3.93. The second-order valence-corrected chi connectivity index (χ2v) is 9.82. The Morgan fingerprint density at radius 3 is 2.29 bits per heavy atom. The molecule has 0 bridgehead atoms. The van der Waals surface area contributed by atoms with E-state index in [1.54, 1.807) is 0 Å². The molecule has 0 saturated heterocycles. The highest BCUT2D eigenvalue weighted by atomic mass is 16.5. The van der Waals surface area contributed by atoms with E-state index in [1.807, 2.05) is 31.2 Å². The van der Waals surface area contributed by atoms with Crippen molar-refractivity contribution >= 4 is 18.0 Å². The molecule has 7 nitrogen and oxygen atoms in total. The SMILES string of the molecule is CCC(CNC(=O)OCC1c2ccccc2-c2ccccc21)C(=O)N[C@@H]1C[C@H]2C[C@@]2(C(=O)O)C1. The van der Waals surface area contributed by atoms with E-state index >= 15 is 0 Å². The molecule has 3 aliphatic rings. The topological polar surface area (TPSA) is 105 Å². The van der Waals surface area contributed by atoms with E-state index < -0.39 is 23.4 Å². The standard InChI is InChI=1S/C27H30N2O5/c1-2-16(24(30)29-18-11-17-12-27(17,13-18)25(31)32)14-28-26(33)34-15-23-21-9-5-3-7-19(21)20-8-4-6-10-22(20)23/h3-10,16-18,23H,2,11-15H2,1H3,(H,28,33)(H,29,30)(H,31,32)/t16?,17-,18+,27+/m0/s1. The summed E-state index contributed by atoms with van der Waals surface area (Å²) in [5.74, 6) is -1.13. The van der Waals surface area contributed by atoms with Crippen molar-refractivity contribution in [2.24, 2.45) is 17.3 Å². The summed E-state index contributed by atoms with van der Waals surface area (Å²) >= 11 is 0. The number of rotatable bonds is 8. The van der Waals surface area contributed by atoms with Crippen LogP contribution in [0.1, 0.15) is 49.7 Å². The third-order valence-electron chi connectivity index (χ3n) is 7.88. The first kappa shape index (κ1) is 22.4. The van der Waals surface area contributed by atoms with Crippen LogP contribution in [0.5, 0.6) is 0 Å². The number of carbonyl (C=O) groups excluding carboxylic acids is 2. The zero-order valence-corrected chi connectivity index (χ0v) is 19.3. The number of carboxylic acids is 1. The Hall–Kier alpha value is -3.35. The maximum absolute atomic E-state index is 12.7. The molecule has 7 heteroatoms. The van der Waals surface area contributed by atoms with Gasteiger partial charge in [-0.25, -0.2) is 4.79 Å². The molecule has 0 radical (unpaired) electrons. The monoisotopic (exact) mass is 462 g/mol. The molecule has 178 valence electrons. The van der Waals surface area contributed by atoms with Crippen LogP contribution in [0.15, 0.2) is 48.5 Å². The van der Waals surface area contributed by atoms with Gasteiger partial charge in [-0.05, 0) is 53.9 Å². The molecule has 2 amide bonds.